The van der Waals surface area contributed by atoms with Crippen LogP contribution in [-0.2, 0) is 16.8 Å². The quantitative estimate of drug-likeness (QED) is 0.547. The number of nitrogens with one attached hydrogen (secondary N) is 1. The number of fused-ring (bicyclic) bond motifs is 2. The highest BCUT2D eigenvalue weighted by molar-refractivity contribution is 5.91. The molecule has 0 unspecified atom stereocenters. The number of carbonyl (C=O) groups is 1. The number of rotatable bonds is 4. The van der Waals surface area contributed by atoms with Gasteiger partial charge in [0.05, 0.1) is 16.8 Å². The Morgan fingerprint density at radius 3 is 2.61 bits per heavy atom. The number of hydrogen-bond acceptors (Lipinski definition) is 5. The Hall–Kier alpha value is -3.55. The Kier molecular flexibility index (Phi) is 5.08. The maximum atomic E-state index is 13.1. The Morgan fingerprint density at radius 2 is 1.90 bits per heavy atom. The van der Waals surface area contributed by atoms with Crippen molar-refractivity contribution < 1.29 is 4.79 Å². The lowest BCUT2D eigenvalue weighted by Crippen LogP contribution is -2.31. The molecule has 31 heavy (non-hydrogen) atoms. The van der Waals surface area contributed by atoms with Crippen molar-refractivity contribution >= 4 is 28.0 Å². The van der Waals surface area contributed by atoms with Crippen LogP contribution < -0.4 is 10.9 Å². The van der Waals surface area contributed by atoms with E-state index in [2.05, 4.69) is 47.5 Å². The van der Waals surface area contributed by atoms with Crippen LogP contribution >= 0.6 is 0 Å². The van der Waals surface area contributed by atoms with Crippen LogP contribution in [0.1, 0.15) is 51.8 Å². The molecular formula is C23H26N6O2. The summed E-state index contributed by atoms with van der Waals surface area (Å²) in [6.45, 7) is 10.3. The Labute approximate surface area is 179 Å². The first-order valence-electron chi connectivity index (χ1n) is 10.3. The van der Waals surface area contributed by atoms with Gasteiger partial charge in [0.1, 0.15) is 12.9 Å². The summed E-state index contributed by atoms with van der Waals surface area (Å²) in [5, 5.41) is 16.6. The zero-order valence-electron chi connectivity index (χ0n) is 18.4. The van der Waals surface area contributed by atoms with Gasteiger partial charge >= 0.3 is 0 Å². The molecule has 0 spiro atoms. The summed E-state index contributed by atoms with van der Waals surface area (Å²) in [6, 6.07) is 9.38. The van der Waals surface area contributed by atoms with E-state index in [0.29, 0.717) is 16.7 Å². The second kappa shape index (κ2) is 7.61. The molecule has 160 valence electrons. The minimum Gasteiger partial charge on any atom is -0.323 e. The third-order valence-corrected chi connectivity index (χ3v) is 5.27. The normalized spacial score (nSPS) is 12.1. The maximum absolute atomic E-state index is 13.1. The van der Waals surface area contributed by atoms with Crippen molar-refractivity contribution in [2.24, 2.45) is 0 Å². The van der Waals surface area contributed by atoms with Gasteiger partial charge in [-0.25, -0.2) is 4.68 Å². The number of pyridine rings is 1. The van der Waals surface area contributed by atoms with Crippen LogP contribution in [-0.4, -0.2) is 30.3 Å². The standard InChI is InChI=1S/C23H26N6O2/c1-14(2)21-18-10-15(23(3,4)5)6-8-17(18)22(31)29(27-21)12-20(30)25-16-7-9-19-26-24-13-28(19)11-16/h6-11,13-14H,12H2,1-5H3,(H,25,30). The number of anilines is 1. The molecule has 1 N–H and O–H groups in total. The second-order valence-electron chi connectivity index (χ2n) is 9.08. The van der Waals surface area contributed by atoms with Crippen LogP contribution in [0.4, 0.5) is 5.69 Å². The van der Waals surface area contributed by atoms with Gasteiger partial charge in [-0.05, 0) is 41.2 Å². The number of hydrogen-bond donors (Lipinski definition) is 1. The Bertz CT molecular complexity index is 1340. The fourth-order valence-corrected chi connectivity index (χ4v) is 3.55. The van der Waals surface area contributed by atoms with Gasteiger partial charge < -0.3 is 5.32 Å². The molecule has 0 bridgehead atoms. The average molecular weight is 419 g/mol. The fraction of sp³-hybridized carbons (Fsp3) is 0.348. The van der Waals surface area contributed by atoms with Crippen LogP contribution in [0.2, 0.25) is 0 Å². The average Bonchev–Trinajstić information content (AvgIpc) is 3.16. The van der Waals surface area contributed by atoms with Crippen LogP contribution in [0.3, 0.4) is 0 Å². The summed E-state index contributed by atoms with van der Waals surface area (Å²) in [5.74, 6) is -0.230. The summed E-state index contributed by atoms with van der Waals surface area (Å²) < 4.78 is 2.96. The Balaban J connectivity index is 1.68. The molecule has 0 aliphatic heterocycles. The Morgan fingerprint density at radius 1 is 1.13 bits per heavy atom. The van der Waals surface area contributed by atoms with Gasteiger partial charge in [0.25, 0.3) is 5.56 Å². The summed E-state index contributed by atoms with van der Waals surface area (Å²) in [4.78, 5) is 25.8. The molecule has 4 rings (SSSR count). The van der Waals surface area contributed by atoms with Gasteiger partial charge in [-0.15, -0.1) is 10.2 Å². The molecule has 0 fully saturated rings. The van der Waals surface area contributed by atoms with E-state index in [1.165, 1.54) is 4.68 Å². The molecule has 1 amide bonds. The van der Waals surface area contributed by atoms with Crippen molar-refractivity contribution in [3.8, 4) is 0 Å². The molecule has 1 aromatic carbocycles. The third kappa shape index (κ3) is 4.05. The lowest BCUT2D eigenvalue weighted by molar-refractivity contribution is -0.117. The van der Waals surface area contributed by atoms with E-state index in [9.17, 15) is 9.59 Å². The van der Waals surface area contributed by atoms with Gasteiger partial charge in [-0.2, -0.15) is 5.10 Å². The van der Waals surface area contributed by atoms with Crippen LogP contribution in [0.5, 0.6) is 0 Å². The smallest absolute Gasteiger partial charge is 0.275 e. The molecule has 4 aromatic rings. The summed E-state index contributed by atoms with van der Waals surface area (Å²) >= 11 is 0. The minimum absolute atomic E-state index is 0.0386. The topological polar surface area (TPSA) is 94.2 Å². The largest absolute Gasteiger partial charge is 0.323 e. The number of benzene rings is 1. The molecule has 0 aliphatic carbocycles. The van der Waals surface area contributed by atoms with Gasteiger partial charge in [0.2, 0.25) is 5.91 Å². The van der Waals surface area contributed by atoms with E-state index in [1.807, 2.05) is 26.0 Å². The lowest BCUT2D eigenvalue weighted by Gasteiger charge is -2.21. The molecule has 8 nitrogen and oxygen atoms in total. The van der Waals surface area contributed by atoms with Gasteiger partial charge in [-0.1, -0.05) is 40.7 Å². The summed E-state index contributed by atoms with van der Waals surface area (Å²) in [7, 11) is 0. The third-order valence-electron chi connectivity index (χ3n) is 5.27. The van der Waals surface area contributed by atoms with Crippen LogP contribution in [0, 0.1) is 0 Å². The number of nitrogens with zero attached hydrogens (tertiary/aromatic N) is 5. The number of carbonyl (C=O) groups excluding carboxylic acids is 1. The predicted molar refractivity (Wildman–Crippen MR) is 120 cm³/mol. The number of aromatic nitrogens is 5. The molecule has 3 aromatic heterocycles. The van der Waals surface area contributed by atoms with E-state index in [4.69, 9.17) is 0 Å². The van der Waals surface area contributed by atoms with E-state index in [-0.39, 0.29) is 29.3 Å². The van der Waals surface area contributed by atoms with Gasteiger partial charge in [0.15, 0.2) is 5.65 Å². The molecule has 0 saturated heterocycles. The van der Waals surface area contributed by atoms with Gasteiger partial charge in [-0.3, -0.25) is 14.0 Å². The van der Waals surface area contributed by atoms with E-state index >= 15 is 0 Å². The maximum Gasteiger partial charge on any atom is 0.275 e. The summed E-state index contributed by atoms with van der Waals surface area (Å²) in [6.07, 6.45) is 3.28. The lowest BCUT2D eigenvalue weighted by atomic mass is 9.85. The van der Waals surface area contributed by atoms with Crippen molar-refractivity contribution in [3.05, 3.63) is 64.5 Å². The van der Waals surface area contributed by atoms with Gasteiger partial charge in [0, 0.05) is 11.6 Å². The summed E-state index contributed by atoms with van der Waals surface area (Å²) in [5.41, 5.74) is 2.90. The highest BCUT2D eigenvalue weighted by Crippen LogP contribution is 2.28. The van der Waals surface area contributed by atoms with Crippen molar-refractivity contribution in [3.63, 3.8) is 0 Å². The van der Waals surface area contributed by atoms with E-state index in [1.54, 1.807) is 29.1 Å². The van der Waals surface area contributed by atoms with E-state index < -0.39 is 0 Å². The molecule has 0 atom stereocenters. The first-order valence-corrected chi connectivity index (χ1v) is 10.3. The molecule has 8 heteroatoms. The highest BCUT2D eigenvalue weighted by Gasteiger charge is 2.19. The molecule has 0 radical (unpaired) electrons. The van der Waals surface area contributed by atoms with Crippen molar-refractivity contribution in [2.45, 2.75) is 52.5 Å². The van der Waals surface area contributed by atoms with Crippen LogP contribution in [0.25, 0.3) is 16.4 Å². The molecular weight excluding hydrogens is 392 g/mol. The van der Waals surface area contributed by atoms with Crippen molar-refractivity contribution in [1.82, 2.24) is 24.4 Å². The van der Waals surface area contributed by atoms with Crippen LogP contribution in [0.15, 0.2) is 47.7 Å². The molecule has 3 heterocycles. The fourth-order valence-electron chi connectivity index (χ4n) is 3.55. The number of amides is 1. The zero-order valence-corrected chi connectivity index (χ0v) is 18.4. The molecule has 0 aliphatic rings. The first kappa shape index (κ1) is 20.7. The monoisotopic (exact) mass is 418 g/mol. The van der Waals surface area contributed by atoms with Crippen molar-refractivity contribution in [1.29, 1.82) is 0 Å². The highest BCUT2D eigenvalue weighted by atomic mass is 16.2. The first-order chi connectivity index (χ1) is 14.6. The van der Waals surface area contributed by atoms with E-state index in [0.717, 1.165) is 16.6 Å². The van der Waals surface area contributed by atoms with Crippen molar-refractivity contribution in [2.75, 3.05) is 5.32 Å². The minimum atomic E-state index is -0.331. The predicted octanol–water partition coefficient (Wildman–Crippen LogP) is 3.50. The second-order valence-corrected chi connectivity index (χ2v) is 9.08. The molecule has 0 saturated carbocycles. The zero-order chi connectivity index (χ0) is 22.3. The SMILES string of the molecule is CC(C)c1nn(CC(=O)Nc2ccc3nncn3c2)c(=O)c2ccc(C(C)(C)C)cc12.